The van der Waals surface area contributed by atoms with Crippen molar-refractivity contribution in [2.24, 2.45) is 0 Å². The molecule has 0 aliphatic heterocycles. The minimum absolute atomic E-state index is 0.331. The van der Waals surface area contributed by atoms with E-state index in [1.54, 1.807) is 30.3 Å². The second-order valence-corrected chi connectivity index (χ2v) is 6.79. The third kappa shape index (κ3) is 4.22. The van der Waals surface area contributed by atoms with Gasteiger partial charge in [0.1, 0.15) is 4.88 Å². The summed E-state index contributed by atoms with van der Waals surface area (Å²) in [5.74, 6) is -0.501. The molecular weight excluding hydrogens is 372 g/mol. The zero-order valence-electron chi connectivity index (χ0n) is 13.8. The highest BCUT2D eigenvalue weighted by Crippen LogP contribution is 2.35. The molecule has 0 saturated heterocycles. The highest BCUT2D eigenvalue weighted by molar-refractivity contribution is 7.18. The zero-order chi connectivity index (χ0) is 18.5. The van der Waals surface area contributed by atoms with Crippen LogP contribution in [0.15, 0.2) is 60.7 Å². The number of nitrogens with one attached hydrogen (secondary N) is 2. The molecule has 5 nitrogen and oxygen atoms in total. The van der Waals surface area contributed by atoms with Crippen molar-refractivity contribution in [3.63, 3.8) is 0 Å². The van der Waals surface area contributed by atoms with E-state index in [9.17, 15) is 9.59 Å². The lowest BCUT2D eigenvalue weighted by Crippen LogP contribution is -2.20. The quantitative estimate of drug-likeness (QED) is 0.582. The highest BCUT2D eigenvalue weighted by atomic mass is 35.5. The van der Waals surface area contributed by atoms with Crippen molar-refractivity contribution in [2.45, 2.75) is 0 Å². The van der Waals surface area contributed by atoms with E-state index in [0.29, 0.717) is 21.3 Å². The van der Waals surface area contributed by atoms with Gasteiger partial charge in [0.15, 0.2) is 0 Å². The van der Waals surface area contributed by atoms with Gasteiger partial charge < -0.3 is 15.4 Å². The minimum Gasteiger partial charge on any atom is -0.465 e. The van der Waals surface area contributed by atoms with Gasteiger partial charge in [0, 0.05) is 15.6 Å². The predicted octanol–water partition coefficient (Wildman–Crippen LogP) is 5.50. The highest BCUT2D eigenvalue weighted by Gasteiger charge is 2.19. The number of halogens is 1. The number of amides is 2. The lowest BCUT2D eigenvalue weighted by molar-refractivity contribution is 0.0607. The molecule has 0 atom stereocenters. The smallest absolute Gasteiger partial charge is 0.350 e. The van der Waals surface area contributed by atoms with Gasteiger partial charge in [-0.2, -0.15) is 0 Å². The molecule has 0 aliphatic rings. The molecule has 3 aromatic rings. The fourth-order valence-electron chi connectivity index (χ4n) is 2.29. The molecule has 7 heteroatoms. The van der Waals surface area contributed by atoms with Crippen molar-refractivity contribution in [3.8, 4) is 10.4 Å². The molecule has 0 fully saturated rings. The van der Waals surface area contributed by atoms with Gasteiger partial charge in [-0.05, 0) is 35.9 Å². The molecule has 2 N–H and O–H groups in total. The van der Waals surface area contributed by atoms with Crippen LogP contribution in [0.3, 0.4) is 0 Å². The molecule has 132 valence electrons. The van der Waals surface area contributed by atoms with Crippen LogP contribution in [-0.2, 0) is 4.74 Å². The molecular formula is C19H15ClN2O3S. The molecule has 0 aliphatic carbocycles. The van der Waals surface area contributed by atoms with E-state index in [-0.39, 0.29) is 0 Å². The third-order valence-electron chi connectivity index (χ3n) is 3.51. The Hall–Kier alpha value is -2.83. The Kier molecular flexibility index (Phi) is 5.55. The summed E-state index contributed by atoms with van der Waals surface area (Å²) in [5.41, 5.74) is 1.94. The maximum absolute atomic E-state index is 12.3. The Balaban J connectivity index is 1.83. The van der Waals surface area contributed by atoms with Crippen molar-refractivity contribution in [1.82, 2.24) is 0 Å². The summed E-state index contributed by atoms with van der Waals surface area (Å²) < 4.78 is 4.82. The fraction of sp³-hybridized carbons (Fsp3) is 0.0526. The first kappa shape index (κ1) is 18.0. The van der Waals surface area contributed by atoms with Crippen LogP contribution in [0.5, 0.6) is 0 Å². The number of carbonyl (C=O) groups excluding carboxylic acids is 2. The number of hydrogen-bond donors (Lipinski definition) is 2. The molecule has 1 heterocycles. The molecule has 3 rings (SSSR count). The topological polar surface area (TPSA) is 67.4 Å². The number of esters is 1. The van der Waals surface area contributed by atoms with Crippen LogP contribution in [0.1, 0.15) is 9.67 Å². The zero-order valence-corrected chi connectivity index (χ0v) is 15.4. The Bertz CT molecular complexity index is 924. The average Bonchev–Trinajstić information content (AvgIpc) is 3.07. The van der Waals surface area contributed by atoms with Crippen LogP contribution in [0.25, 0.3) is 10.4 Å². The second kappa shape index (κ2) is 8.03. The normalized spacial score (nSPS) is 10.2. The van der Waals surface area contributed by atoms with Crippen molar-refractivity contribution in [3.05, 3.63) is 70.6 Å². The monoisotopic (exact) mass is 386 g/mol. The van der Waals surface area contributed by atoms with E-state index in [2.05, 4.69) is 10.6 Å². The van der Waals surface area contributed by atoms with Gasteiger partial charge in [-0.15, -0.1) is 11.3 Å². The van der Waals surface area contributed by atoms with Crippen LogP contribution in [-0.4, -0.2) is 19.1 Å². The second-order valence-electron chi connectivity index (χ2n) is 5.30. The number of ether oxygens (including phenoxy) is 1. The van der Waals surface area contributed by atoms with E-state index >= 15 is 0 Å². The number of urea groups is 1. The van der Waals surface area contributed by atoms with Crippen LogP contribution in [0, 0.1) is 0 Å². The lowest BCUT2D eigenvalue weighted by atomic mass is 10.2. The maximum atomic E-state index is 12.3. The van der Waals surface area contributed by atoms with Crippen molar-refractivity contribution >= 4 is 46.3 Å². The summed E-state index contributed by atoms with van der Waals surface area (Å²) in [7, 11) is 1.31. The van der Waals surface area contributed by atoms with Crippen LogP contribution in [0.4, 0.5) is 16.2 Å². The number of anilines is 2. The average molecular weight is 387 g/mol. The number of carbonyl (C=O) groups is 2. The largest absolute Gasteiger partial charge is 0.465 e. The van der Waals surface area contributed by atoms with E-state index in [1.165, 1.54) is 18.4 Å². The first-order chi connectivity index (χ1) is 12.6. The molecule has 2 aromatic carbocycles. The van der Waals surface area contributed by atoms with Crippen molar-refractivity contribution < 1.29 is 14.3 Å². The van der Waals surface area contributed by atoms with Crippen LogP contribution in [0.2, 0.25) is 5.02 Å². The Morgan fingerprint density at radius 1 is 1.00 bits per heavy atom. The SMILES string of the molecule is COC(=O)c1sc(-c2ccccc2)cc1NC(=O)Nc1ccc(Cl)cc1. The van der Waals surface area contributed by atoms with Gasteiger partial charge in [-0.1, -0.05) is 41.9 Å². The molecule has 0 spiro atoms. The van der Waals surface area contributed by atoms with E-state index in [0.717, 1.165) is 10.4 Å². The number of rotatable bonds is 4. The van der Waals surface area contributed by atoms with Gasteiger partial charge in [0.05, 0.1) is 12.8 Å². The first-order valence-electron chi connectivity index (χ1n) is 7.68. The summed E-state index contributed by atoms with van der Waals surface area (Å²) in [6.45, 7) is 0. The van der Waals surface area contributed by atoms with Gasteiger partial charge in [-0.25, -0.2) is 9.59 Å². The van der Waals surface area contributed by atoms with Gasteiger partial charge >= 0.3 is 12.0 Å². The lowest BCUT2D eigenvalue weighted by Gasteiger charge is -2.07. The molecule has 2 amide bonds. The molecule has 1 aromatic heterocycles. The third-order valence-corrected chi connectivity index (χ3v) is 4.93. The summed E-state index contributed by atoms with van der Waals surface area (Å²) in [6, 6.07) is 17.6. The van der Waals surface area contributed by atoms with Gasteiger partial charge in [-0.3, -0.25) is 0 Å². The van der Waals surface area contributed by atoms with Gasteiger partial charge in [0.25, 0.3) is 0 Å². The number of methoxy groups -OCH3 is 1. The number of hydrogen-bond acceptors (Lipinski definition) is 4. The van der Waals surface area contributed by atoms with E-state index < -0.39 is 12.0 Å². The molecule has 0 bridgehead atoms. The summed E-state index contributed by atoms with van der Waals surface area (Å²) in [5, 5.41) is 5.98. The van der Waals surface area contributed by atoms with E-state index in [1.807, 2.05) is 30.3 Å². The Morgan fingerprint density at radius 3 is 2.35 bits per heavy atom. The molecule has 0 saturated carbocycles. The number of benzene rings is 2. The summed E-state index contributed by atoms with van der Waals surface area (Å²) in [6.07, 6.45) is 0. The van der Waals surface area contributed by atoms with E-state index in [4.69, 9.17) is 16.3 Å². The standard InChI is InChI=1S/C19H15ClN2O3S/c1-25-18(23)17-15(11-16(26-17)12-5-3-2-4-6-12)22-19(24)21-14-9-7-13(20)8-10-14/h2-11H,1H3,(H2,21,22,24). The molecule has 0 unspecified atom stereocenters. The minimum atomic E-state index is -0.501. The van der Waals surface area contributed by atoms with Crippen LogP contribution < -0.4 is 10.6 Å². The fourth-order valence-corrected chi connectivity index (χ4v) is 3.45. The van der Waals surface area contributed by atoms with Crippen LogP contribution >= 0.6 is 22.9 Å². The predicted molar refractivity (Wildman–Crippen MR) is 105 cm³/mol. The maximum Gasteiger partial charge on any atom is 0.350 e. The number of thiophene rings is 1. The Morgan fingerprint density at radius 2 is 1.69 bits per heavy atom. The molecule has 26 heavy (non-hydrogen) atoms. The first-order valence-corrected chi connectivity index (χ1v) is 8.87. The van der Waals surface area contributed by atoms with Crippen molar-refractivity contribution in [1.29, 1.82) is 0 Å². The summed E-state index contributed by atoms with van der Waals surface area (Å²) in [4.78, 5) is 25.5. The van der Waals surface area contributed by atoms with Crippen molar-refractivity contribution in [2.75, 3.05) is 17.7 Å². The molecule has 0 radical (unpaired) electrons. The summed E-state index contributed by atoms with van der Waals surface area (Å²) >= 11 is 7.09. The Labute approximate surface area is 159 Å². The van der Waals surface area contributed by atoms with Gasteiger partial charge in [0.2, 0.25) is 0 Å².